The molecule has 1 N–H and O–H groups in total. The highest BCUT2D eigenvalue weighted by atomic mass is 35.5. The summed E-state index contributed by atoms with van der Waals surface area (Å²) in [6, 6.07) is 11.3. The van der Waals surface area contributed by atoms with Crippen LogP contribution in [0.5, 0.6) is 5.75 Å². The van der Waals surface area contributed by atoms with Gasteiger partial charge in [-0.3, -0.25) is 9.59 Å². The first-order valence-corrected chi connectivity index (χ1v) is 10.2. The monoisotopic (exact) mass is 433 g/mol. The molecule has 0 aliphatic carbocycles. The minimum atomic E-state index is -0.585. The van der Waals surface area contributed by atoms with E-state index in [1.165, 1.54) is 18.2 Å². The number of rotatable bonds is 7. The molecule has 1 heterocycles. The van der Waals surface area contributed by atoms with E-state index in [0.717, 1.165) is 18.7 Å². The third-order valence-electron chi connectivity index (χ3n) is 5.07. The van der Waals surface area contributed by atoms with Gasteiger partial charge in [0.15, 0.2) is 0 Å². The molecular weight excluding hydrogens is 409 g/mol. The Morgan fingerprint density at radius 3 is 2.63 bits per heavy atom. The molecule has 1 aliphatic heterocycles. The summed E-state index contributed by atoms with van der Waals surface area (Å²) < 4.78 is 18.9. The van der Waals surface area contributed by atoms with Crippen molar-refractivity contribution in [1.29, 1.82) is 0 Å². The topological polar surface area (TPSA) is 61.9 Å². The number of hydrogen-bond donors (Lipinski definition) is 1. The van der Waals surface area contributed by atoms with Gasteiger partial charge in [0.1, 0.15) is 11.6 Å². The van der Waals surface area contributed by atoms with Crippen LogP contribution >= 0.6 is 11.6 Å². The van der Waals surface area contributed by atoms with E-state index in [1.54, 1.807) is 16.9 Å². The fourth-order valence-electron chi connectivity index (χ4n) is 3.41. The summed E-state index contributed by atoms with van der Waals surface area (Å²) in [5, 5.41) is 3.10. The zero-order chi connectivity index (χ0) is 21.5. The van der Waals surface area contributed by atoms with Gasteiger partial charge in [0.2, 0.25) is 5.91 Å². The van der Waals surface area contributed by atoms with Gasteiger partial charge in [-0.05, 0) is 24.3 Å². The number of piperazine rings is 1. The molecule has 1 aliphatic rings. The van der Waals surface area contributed by atoms with Crippen molar-refractivity contribution in [3.63, 3.8) is 0 Å². The minimum absolute atomic E-state index is 0.00599. The molecule has 0 unspecified atom stereocenters. The second-order valence-electron chi connectivity index (χ2n) is 7.05. The van der Waals surface area contributed by atoms with Crippen LogP contribution in [0.3, 0.4) is 0 Å². The van der Waals surface area contributed by atoms with E-state index in [-0.39, 0.29) is 41.9 Å². The number of amides is 2. The van der Waals surface area contributed by atoms with Gasteiger partial charge in [0, 0.05) is 56.8 Å². The summed E-state index contributed by atoms with van der Waals surface area (Å²) in [6.45, 7) is 3.34. The number of benzene rings is 2. The van der Waals surface area contributed by atoms with Crippen molar-refractivity contribution < 1.29 is 18.7 Å². The van der Waals surface area contributed by atoms with Crippen molar-refractivity contribution in [1.82, 2.24) is 15.1 Å². The quantitative estimate of drug-likeness (QED) is 0.729. The average Bonchev–Trinajstić information content (AvgIpc) is 2.78. The van der Waals surface area contributed by atoms with E-state index in [0.29, 0.717) is 18.8 Å². The summed E-state index contributed by atoms with van der Waals surface area (Å²) in [6.07, 6.45) is 0.204. The molecule has 1 saturated heterocycles. The molecule has 30 heavy (non-hydrogen) atoms. The standard InChI is InChI=1S/C22H25ClFN3O3/c1-30-20-5-3-2-4-17(20)15-27(11-8-21(28)26-12-9-25-10-13-26)22(29)16-6-7-19(24)18(23)14-16/h2-7,14,25H,8-13,15H2,1H3. The van der Waals surface area contributed by atoms with Gasteiger partial charge in [-0.1, -0.05) is 29.8 Å². The minimum Gasteiger partial charge on any atom is -0.496 e. The Morgan fingerprint density at radius 1 is 1.20 bits per heavy atom. The molecule has 2 aromatic rings. The highest BCUT2D eigenvalue weighted by molar-refractivity contribution is 6.31. The molecule has 8 heteroatoms. The molecule has 1 fully saturated rings. The number of halogens is 2. The van der Waals surface area contributed by atoms with Crippen LogP contribution in [0.15, 0.2) is 42.5 Å². The fourth-order valence-corrected chi connectivity index (χ4v) is 3.59. The van der Waals surface area contributed by atoms with Gasteiger partial charge in [-0.2, -0.15) is 0 Å². The summed E-state index contributed by atoms with van der Waals surface area (Å²) in [7, 11) is 1.57. The maximum atomic E-state index is 13.5. The first-order chi connectivity index (χ1) is 14.5. The Bertz CT molecular complexity index is 903. The lowest BCUT2D eigenvalue weighted by Crippen LogP contribution is -2.47. The number of para-hydroxylation sites is 1. The van der Waals surface area contributed by atoms with Crippen LogP contribution in [0.25, 0.3) is 0 Å². The molecule has 2 aromatic carbocycles. The zero-order valence-electron chi connectivity index (χ0n) is 16.9. The predicted octanol–water partition coefficient (Wildman–Crippen LogP) is 2.95. The third kappa shape index (κ3) is 5.49. The number of ether oxygens (including phenoxy) is 1. The Kier molecular flexibility index (Phi) is 7.65. The van der Waals surface area contributed by atoms with Crippen LogP contribution in [0.2, 0.25) is 5.02 Å². The van der Waals surface area contributed by atoms with Crippen molar-refractivity contribution in [3.8, 4) is 5.75 Å². The van der Waals surface area contributed by atoms with Crippen LogP contribution in [0.4, 0.5) is 4.39 Å². The lowest BCUT2D eigenvalue weighted by atomic mass is 10.1. The van der Waals surface area contributed by atoms with Crippen molar-refractivity contribution in [2.75, 3.05) is 39.8 Å². The number of carbonyl (C=O) groups excluding carboxylic acids is 2. The molecule has 0 bridgehead atoms. The Hall–Kier alpha value is -2.64. The number of nitrogens with zero attached hydrogens (tertiary/aromatic N) is 2. The maximum absolute atomic E-state index is 13.5. The van der Waals surface area contributed by atoms with Gasteiger partial charge in [-0.25, -0.2) is 4.39 Å². The average molecular weight is 434 g/mol. The predicted molar refractivity (Wildman–Crippen MR) is 113 cm³/mol. The summed E-state index contributed by atoms with van der Waals surface area (Å²) in [4.78, 5) is 29.1. The van der Waals surface area contributed by atoms with Gasteiger partial charge in [0.25, 0.3) is 5.91 Å². The normalized spacial score (nSPS) is 13.8. The molecular formula is C22H25ClFN3O3. The van der Waals surface area contributed by atoms with E-state index < -0.39 is 5.82 Å². The van der Waals surface area contributed by atoms with E-state index in [4.69, 9.17) is 16.3 Å². The molecule has 2 amide bonds. The second kappa shape index (κ2) is 10.4. The van der Waals surface area contributed by atoms with Crippen LogP contribution in [-0.2, 0) is 11.3 Å². The van der Waals surface area contributed by atoms with E-state index in [1.807, 2.05) is 24.3 Å². The van der Waals surface area contributed by atoms with Crippen LogP contribution < -0.4 is 10.1 Å². The highest BCUT2D eigenvalue weighted by Gasteiger charge is 2.22. The van der Waals surface area contributed by atoms with Gasteiger partial charge in [0.05, 0.1) is 12.1 Å². The first-order valence-electron chi connectivity index (χ1n) is 9.84. The number of carbonyl (C=O) groups is 2. The summed E-state index contributed by atoms with van der Waals surface area (Å²) in [5.41, 5.74) is 1.09. The van der Waals surface area contributed by atoms with Gasteiger partial charge in [-0.15, -0.1) is 0 Å². The number of methoxy groups -OCH3 is 1. The lowest BCUT2D eigenvalue weighted by molar-refractivity contribution is -0.132. The van der Waals surface area contributed by atoms with E-state index in [2.05, 4.69) is 5.32 Å². The highest BCUT2D eigenvalue weighted by Crippen LogP contribution is 2.22. The Labute approximate surface area is 180 Å². The van der Waals surface area contributed by atoms with Crippen molar-refractivity contribution in [2.45, 2.75) is 13.0 Å². The molecule has 0 atom stereocenters. The van der Waals surface area contributed by atoms with Gasteiger partial charge < -0.3 is 19.9 Å². The SMILES string of the molecule is COc1ccccc1CN(CCC(=O)N1CCNCC1)C(=O)c1ccc(F)c(Cl)c1. The second-order valence-corrected chi connectivity index (χ2v) is 7.46. The number of nitrogens with one attached hydrogen (secondary N) is 1. The largest absolute Gasteiger partial charge is 0.496 e. The van der Waals surface area contributed by atoms with Crippen molar-refractivity contribution in [3.05, 3.63) is 64.4 Å². The zero-order valence-corrected chi connectivity index (χ0v) is 17.6. The molecule has 6 nitrogen and oxygen atoms in total. The van der Waals surface area contributed by atoms with Gasteiger partial charge >= 0.3 is 0 Å². The van der Waals surface area contributed by atoms with Crippen LogP contribution in [-0.4, -0.2) is 61.4 Å². The van der Waals surface area contributed by atoms with Crippen LogP contribution in [0.1, 0.15) is 22.3 Å². The molecule has 160 valence electrons. The molecule has 0 aromatic heterocycles. The van der Waals surface area contributed by atoms with Crippen molar-refractivity contribution >= 4 is 23.4 Å². The Morgan fingerprint density at radius 2 is 1.93 bits per heavy atom. The van der Waals surface area contributed by atoms with E-state index in [9.17, 15) is 14.0 Å². The first kappa shape index (κ1) is 22.1. The maximum Gasteiger partial charge on any atom is 0.254 e. The fraction of sp³-hybridized carbons (Fsp3) is 0.364. The smallest absolute Gasteiger partial charge is 0.254 e. The molecule has 0 spiro atoms. The number of hydrogen-bond acceptors (Lipinski definition) is 4. The summed E-state index contributed by atoms with van der Waals surface area (Å²) >= 11 is 5.87. The van der Waals surface area contributed by atoms with Crippen molar-refractivity contribution in [2.24, 2.45) is 0 Å². The van der Waals surface area contributed by atoms with Crippen LogP contribution in [0, 0.1) is 5.82 Å². The Balaban J connectivity index is 1.79. The van der Waals surface area contributed by atoms with E-state index >= 15 is 0 Å². The molecule has 0 saturated carbocycles. The lowest BCUT2D eigenvalue weighted by Gasteiger charge is -2.29. The summed E-state index contributed by atoms with van der Waals surface area (Å²) in [5.74, 6) is -0.248. The molecule has 3 rings (SSSR count). The third-order valence-corrected chi connectivity index (χ3v) is 5.36. The molecule has 0 radical (unpaired) electrons.